The van der Waals surface area contributed by atoms with Gasteiger partial charge in [0.2, 0.25) is 5.75 Å². The van der Waals surface area contributed by atoms with Crippen molar-refractivity contribution in [2.45, 2.75) is 0 Å². The summed E-state index contributed by atoms with van der Waals surface area (Å²) < 4.78 is 25.9. The van der Waals surface area contributed by atoms with E-state index in [9.17, 15) is 14.9 Å². The number of rotatable bonds is 8. The molecule has 0 aliphatic carbocycles. The molecule has 0 aromatic heterocycles. The Morgan fingerprint density at radius 2 is 1.26 bits per heavy atom. The third-order valence-electron chi connectivity index (χ3n) is 3.87. The van der Waals surface area contributed by atoms with Gasteiger partial charge < -0.3 is 23.7 Å². The van der Waals surface area contributed by atoms with Crippen LogP contribution in [0.2, 0.25) is 0 Å². The van der Waals surface area contributed by atoms with Crippen LogP contribution in [0.15, 0.2) is 24.3 Å². The van der Waals surface area contributed by atoms with E-state index >= 15 is 0 Å². The maximum Gasteiger partial charge on any atom is 0.284 e. The topological polar surface area (TPSA) is 106 Å². The van der Waals surface area contributed by atoms with E-state index in [1.807, 2.05) is 0 Å². The van der Waals surface area contributed by atoms with Gasteiger partial charge in [0, 0.05) is 11.6 Å². The minimum absolute atomic E-state index is 0.125. The number of ketones is 1. The highest BCUT2D eigenvalue weighted by atomic mass is 16.6. The molecule has 0 saturated heterocycles. The number of methoxy groups -OCH3 is 5. The summed E-state index contributed by atoms with van der Waals surface area (Å²) in [6, 6.07) is 5.25. The van der Waals surface area contributed by atoms with Crippen molar-refractivity contribution in [1.29, 1.82) is 0 Å². The normalized spacial score (nSPS) is 10.1. The highest BCUT2D eigenvalue weighted by Gasteiger charge is 2.27. The van der Waals surface area contributed by atoms with Gasteiger partial charge in [0.15, 0.2) is 28.8 Å². The van der Waals surface area contributed by atoms with Crippen LogP contribution in [0.3, 0.4) is 0 Å². The number of carbonyl (C=O) groups is 1. The van der Waals surface area contributed by atoms with Crippen LogP contribution in [-0.2, 0) is 0 Å². The highest BCUT2D eigenvalue weighted by molar-refractivity contribution is 6.12. The third-order valence-corrected chi connectivity index (χ3v) is 3.87. The van der Waals surface area contributed by atoms with E-state index in [1.165, 1.54) is 53.7 Å². The van der Waals surface area contributed by atoms with Crippen LogP contribution in [0.1, 0.15) is 15.9 Å². The highest BCUT2D eigenvalue weighted by Crippen LogP contribution is 2.40. The molecule has 0 atom stereocenters. The van der Waals surface area contributed by atoms with E-state index in [0.29, 0.717) is 5.75 Å². The molecule has 2 rings (SSSR count). The summed E-state index contributed by atoms with van der Waals surface area (Å²) in [6.07, 6.45) is 0. The number of ether oxygens (including phenoxy) is 5. The maximum absolute atomic E-state index is 13.0. The van der Waals surface area contributed by atoms with Crippen LogP contribution in [0, 0.1) is 10.1 Å². The second-order valence-corrected chi connectivity index (χ2v) is 5.22. The zero-order valence-electron chi connectivity index (χ0n) is 15.5. The predicted octanol–water partition coefficient (Wildman–Crippen LogP) is 2.87. The van der Waals surface area contributed by atoms with Gasteiger partial charge in [-0.3, -0.25) is 14.9 Å². The van der Waals surface area contributed by atoms with E-state index in [0.717, 1.165) is 6.07 Å². The van der Waals surface area contributed by atoms with E-state index in [2.05, 4.69) is 0 Å². The Morgan fingerprint density at radius 3 is 1.67 bits per heavy atom. The van der Waals surface area contributed by atoms with Gasteiger partial charge in [0.05, 0.1) is 46.5 Å². The van der Waals surface area contributed by atoms with Crippen LogP contribution >= 0.6 is 0 Å². The average Bonchev–Trinajstić information content (AvgIpc) is 2.70. The maximum atomic E-state index is 13.0. The quantitative estimate of drug-likeness (QED) is 0.393. The van der Waals surface area contributed by atoms with Crippen molar-refractivity contribution in [3.8, 4) is 28.7 Å². The average molecular weight is 377 g/mol. The Bertz CT molecular complexity index is 853. The lowest BCUT2D eigenvalue weighted by molar-refractivity contribution is -0.385. The number of benzene rings is 2. The van der Waals surface area contributed by atoms with Crippen LogP contribution in [0.5, 0.6) is 28.7 Å². The first kappa shape index (κ1) is 19.8. The van der Waals surface area contributed by atoms with Gasteiger partial charge >= 0.3 is 0 Å². The monoisotopic (exact) mass is 377 g/mol. The first-order valence-corrected chi connectivity index (χ1v) is 7.66. The minimum Gasteiger partial charge on any atom is -0.493 e. The number of nitrogens with zero attached hydrogens (tertiary/aromatic N) is 1. The number of hydrogen-bond acceptors (Lipinski definition) is 8. The summed E-state index contributed by atoms with van der Waals surface area (Å²) in [5, 5.41) is 11.5. The summed E-state index contributed by atoms with van der Waals surface area (Å²) >= 11 is 0. The fourth-order valence-electron chi connectivity index (χ4n) is 2.57. The van der Waals surface area contributed by atoms with Crippen LogP contribution < -0.4 is 23.7 Å². The molecule has 0 radical (unpaired) electrons. The van der Waals surface area contributed by atoms with Gasteiger partial charge in [-0.25, -0.2) is 0 Å². The number of hydrogen-bond donors (Lipinski definition) is 0. The molecular formula is C18H19NO8. The summed E-state index contributed by atoms with van der Waals surface area (Å²) in [4.78, 5) is 23.8. The summed E-state index contributed by atoms with van der Waals surface area (Å²) in [5.41, 5.74) is -0.446. The lowest BCUT2D eigenvalue weighted by Gasteiger charge is -2.14. The SMILES string of the molecule is COc1cc(C(=O)c2cc(OC)c(OC)c(OC)c2)c([N+](=O)[O-])cc1OC. The van der Waals surface area contributed by atoms with Crippen molar-refractivity contribution in [2.75, 3.05) is 35.5 Å². The first-order valence-electron chi connectivity index (χ1n) is 7.66. The lowest BCUT2D eigenvalue weighted by atomic mass is 10.00. The van der Waals surface area contributed by atoms with Crippen molar-refractivity contribution in [3.63, 3.8) is 0 Å². The van der Waals surface area contributed by atoms with Gasteiger partial charge in [-0.2, -0.15) is 0 Å². The molecule has 2 aromatic rings. The lowest BCUT2D eigenvalue weighted by Crippen LogP contribution is -2.08. The molecule has 0 N–H and O–H groups in total. The molecule has 0 bridgehead atoms. The molecule has 27 heavy (non-hydrogen) atoms. The van der Waals surface area contributed by atoms with Gasteiger partial charge in [0.25, 0.3) is 5.69 Å². The first-order chi connectivity index (χ1) is 12.9. The largest absolute Gasteiger partial charge is 0.493 e. The Morgan fingerprint density at radius 1 is 0.778 bits per heavy atom. The van der Waals surface area contributed by atoms with Crippen molar-refractivity contribution >= 4 is 11.5 Å². The fourth-order valence-corrected chi connectivity index (χ4v) is 2.57. The molecule has 9 heteroatoms. The van der Waals surface area contributed by atoms with Gasteiger partial charge in [-0.15, -0.1) is 0 Å². The van der Waals surface area contributed by atoms with Crippen LogP contribution in [0.25, 0.3) is 0 Å². The molecule has 0 aliphatic heterocycles. The second kappa shape index (κ2) is 8.26. The van der Waals surface area contributed by atoms with E-state index in [-0.39, 0.29) is 34.1 Å². The summed E-state index contributed by atoms with van der Waals surface area (Å²) in [5.74, 6) is 0.538. The smallest absolute Gasteiger partial charge is 0.284 e. The Kier molecular flexibility index (Phi) is 6.07. The third kappa shape index (κ3) is 3.71. The van der Waals surface area contributed by atoms with Crippen molar-refractivity contribution < 1.29 is 33.4 Å². The summed E-state index contributed by atoms with van der Waals surface area (Å²) in [7, 11) is 6.97. The summed E-state index contributed by atoms with van der Waals surface area (Å²) in [6.45, 7) is 0. The minimum atomic E-state index is -0.660. The van der Waals surface area contributed by atoms with Gasteiger partial charge in [-0.1, -0.05) is 0 Å². The Balaban J connectivity index is 2.69. The molecule has 0 heterocycles. The molecule has 0 unspecified atom stereocenters. The van der Waals surface area contributed by atoms with Gasteiger partial charge in [0.1, 0.15) is 5.56 Å². The van der Waals surface area contributed by atoms with E-state index < -0.39 is 16.4 Å². The zero-order valence-corrected chi connectivity index (χ0v) is 15.5. The molecule has 0 spiro atoms. The standard InChI is InChI=1S/C18H19NO8/c1-23-13-8-11(12(19(21)22)9-14(13)24-2)17(20)10-6-15(25-3)18(27-5)16(7-10)26-4/h6-9H,1-5H3. The fraction of sp³-hybridized carbons (Fsp3) is 0.278. The molecular weight excluding hydrogens is 358 g/mol. The number of nitro groups is 1. The van der Waals surface area contributed by atoms with Crippen LogP contribution in [-0.4, -0.2) is 46.3 Å². The van der Waals surface area contributed by atoms with Crippen molar-refractivity contribution in [3.05, 3.63) is 45.5 Å². The van der Waals surface area contributed by atoms with Gasteiger partial charge in [-0.05, 0) is 12.1 Å². The molecule has 9 nitrogen and oxygen atoms in total. The zero-order chi connectivity index (χ0) is 20.1. The molecule has 0 saturated carbocycles. The van der Waals surface area contributed by atoms with E-state index in [4.69, 9.17) is 23.7 Å². The van der Waals surface area contributed by atoms with Crippen LogP contribution in [0.4, 0.5) is 5.69 Å². The number of nitro benzene ring substituents is 1. The van der Waals surface area contributed by atoms with E-state index in [1.54, 1.807) is 0 Å². The molecule has 0 fully saturated rings. The molecule has 0 amide bonds. The van der Waals surface area contributed by atoms with Crippen molar-refractivity contribution in [1.82, 2.24) is 0 Å². The molecule has 2 aromatic carbocycles. The number of carbonyl (C=O) groups excluding carboxylic acids is 1. The predicted molar refractivity (Wildman–Crippen MR) is 95.7 cm³/mol. The second-order valence-electron chi connectivity index (χ2n) is 5.22. The Labute approximate surface area is 155 Å². The van der Waals surface area contributed by atoms with Crippen molar-refractivity contribution in [2.24, 2.45) is 0 Å². The molecule has 144 valence electrons. The molecule has 0 aliphatic rings. The Hall–Kier alpha value is -3.49.